The van der Waals surface area contributed by atoms with Gasteiger partial charge in [-0.2, -0.15) is 0 Å². The number of thiophene rings is 1. The Kier molecular flexibility index (Phi) is 6.18. The Morgan fingerprint density at radius 1 is 1.47 bits per heavy atom. The van der Waals surface area contributed by atoms with Crippen molar-refractivity contribution in [1.29, 1.82) is 0 Å². The van der Waals surface area contributed by atoms with E-state index in [1.165, 1.54) is 18.4 Å². The first-order valence-corrected chi connectivity index (χ1v) is 7.30. The summed E-state index contributed by atoms with van der Waals surface area (Å²) in [4.78, 5) is 24.3. The zero-order chi connectivity index (χ0) is 14.4. The Labute approximate surface area is 118 Å². The number of ketones is 1. The standard InChI is InChI=1S/C14H21NO3S/c1-5-6-15-10(3)12(16)7-11-9(2)8-19-13(11)14(17)18-4/h8,10,15H,5-7H2,1-4H3. The van der Waals surface area contributed by atoms with Gasteiger partial charge in [-0.3, -0.25) is 4.79 Å². The Morgan fingerprint density at radius 3 is 2.74 bits per heavy atom. The van der Waals surface area contributed by atoms with E-state index in [2.05, 4.69) is 12.2 Å². The minimum atomic E-state index is -0.366. The predicted octanol–water partition coefficient (Wildman–Crippen LogP) is 2.34. The largest absolute Gasteiger partial charge is 0.465 e. The lowest BCUT2D eigenvalue weighted by molar-refractivity contribution is -0.120. The summed E-state index contributed by atoms with van der Waals surface area (Å²) in [5.74, 6) is -0.268. The highest BCUT2D eigenvalue weighted by Crippen LogP contribution is 2.24. The van der Waals surface area contributed by atoms with Gasteiger partial charge < -0.3 is 10.1 Å². The van der Waals surface area contributed by atoms with Crippen molar-refractivity contribution in [1.82, 2.24) is 5.32 Å². The van der Waals surface area contributed by atoms with Gasteiger partial charge in [-0.1, -0.05) is 6.92 Å². The number of aryl methyl sites for hydroxylation is 1. The van der Waals surface area contributed by atoms with Gasteiger partial charge in [0.05, 0.1) is 13.2 Å². The van der Waals surface area contributed by atoms with E-state index in [0.717, 1.165) is 24.1 Å². The van der Waals surface area contributed by atoms with Crippen LogP contribution in [0, 0.1) is 6.92 Å². The van der Waals surface area contributed by atoms with Crippen LogP contribution in [0.3, 0.4) is 0 Å². The average Bonchev–Trinajstić information content (AvgIpc) is 2.76. The summed E-state index contributed by atoms with van der Waals surface area (Å²) in [6.07, 6.45) is 1.26. The van der Waals surface area contributed by atoms with Crippen LogP contribution in [0.2, 0.25) is 0 Å². The molecule has 0 amide bonds. The van der Waals surface area contributed by atoms with Gasteiger partial charge in [-0.05, 0) is 43.3 Å². The van der Waals surface area contributed by atoms with Crippen LogP contribution in [-0.2, 0) is 16.0 Å². The third-order valence-electron chi connectivity index (χ3n) is 3.01. The van der Waals surface area contributed by atoms with E-state index in [9.17, 15) is 9.59 Å². The molecule has 1 N–H and O–H groups in total. The molecule has 1 aromatic heterocycles. The minimum Gasteiger partial charge on any atom is -0.465 e. The van der Waals surface area contributed by atoms with Gasteiger partial charge >= 0.3 is 5.97 Å². The number of methoxy groups -OCH3 is 1. The smallest absolute Gasteiger partial charge is 0.348 e. The molecule has 1 unspecified atom stereocenters. The first kappa shape index (κ1) is 15.9. The maximum absolute atomic E-state index is 12.1. The van der Waals surface area contributed by atoms with Gasteiger partial charge in [-0.25, -0.2) is 4.79 Å². The van der Waals surface area contributed by atoms with E-state index in [-0.39, 0.29) is 24.2 Å². The highest BCUT2D eigenvalue weighted by atomic mass is 32.1. The number of ether oxygens (including phenoxy) is 1. The number of hydrogen-bond donors (Lipinski definition) is 1. The van der Waals surface area contributed by atoms with E-state index in [0.29, 0.717) is 4.88 Å². The van der Waals surface area contributed by atoms with Crippen molar-refractivity contribution in [3.05, 3.63) is 21.4 Å². The third-order valence-corrected chi connectivity index (χ3v) is 4.13. The second kappa shape index (κ2) is 7.40. The molecule has 0 saturated heterocycles. The fraction of sp³-hybridized carbons (Fsp3) is 0.571. The molecule has 0 aliphatic heterocycles. The molecule has 1 atom stereocenters. The second-order valence-corrected chi connectivity index (χ2v) is 5.42. The van der Waals surface area contributed by atoms with Crippen LogP contribution in [0.5, 0.6) is 0 Å². The molecule has 1 aromatic rings. The molecule has 4 nitrogen and oxygen atoms in total. The molecule has 0 aromatic carbocycles. The number of nitrogens with one attached hydrogen (secondary N) is 1. The monoisotopic (exact) mass is 283 g/mol. The average molecular weight is 283 g/mol. The Balaban J connectivity index is 2.78. The molecule has 5 heteroatoms. The quantitative estimate of drug-likeness (QED) is 0.780. The van der Waals surface area contributed by atoms with Gasteiger partial charge in [-0.15, -0.1) is 11.3 Å². The van der Waals surface area contributed by atoms with Crippen LogP contribution < -0.4 is 5.32 Å². The van der Waals surface area contributed by atoms with Crippen molar-refractivity contribution in [2.75, 3.05) is 13.7 Å². The number of rotatable bonds is 7. The van der Waals surface area contributed by atoms with Crippen LogP contribution in [0.25, 0.3) is 0 Å². The van der Waals surface area contributed by atoms with Crippen molar-refractivity contribution >= 4 is 23.1 Å². The van der Waals surface area contributed by atoms with E-state index in [4.69, 9.17) is 4.74 Å². The fourth-order valence-electron chi connectivity index (χ4n) is 1.75. The molecule has 0 spiro atoms. The second-order valence-electron chi connectivity index (χ2n) is 4.54. The Morgan fingerprint density at radius 2 is 2.16 bits per heavy atom. The van der Waals surface area contributed by atoms with E-state index in [1.54, 1.807) is 0 Å². The summed E-state index contributed by atoms with van der Waals surface area (Å²) < 4.78 is 4.74. The number of Topliss-reactive ketones (excluding diaryl/α,β-unsaturated/α-hetero) is 1. The summed E-state index contributed by atoms with van der Waals surface area (Å²) in [6, 6.07) is -0.190. The molecular formula is C14H21NO3S. The molecule has 0 bridgehead atoms. The SMILES string of the molecule is CCCNC(C)C(=O)Cc1c(C)csc1C(=O)OC. The summed E-state index contributed by atoms with van der Waals surface area (Å²) in [7, 11) is 1.36. The molecule has 0 saturated carbocycles. The van der Waals surface area contributed by atoms with Crippen molar-refractivity contribution in [3.8, 4) is 0 Å². The molecule has 0 aliphatic rings. The number of carbonyl (C=O) groups excluding carboxylic acids is 2. The molecule has 0 fully saturated rings. The summed E-state index contributed by atoms with van der Waals surface area (Å²) in [5.41, 5.74) is 1.77. The van der Waals surface area contributed by atoms with Crippen molar-refractivity contribution < 1.29 is 14.3 Å². The van der Waals surface area contributed by atoms with Crippen molar-refractivity contribution in [2.24, 2.45) is 0 Å². The summed E-state index contributed by atoms with van der Waals surface area (Å²) >= 11 is 1.33. The van der Waals surface area contributed by atoms with Crippen molar-refractivity contribution in [2.45, 2.75) is 39.7 Å². The van der Waals surface area contributed by atoms with E-state index < -0.39 is 0 Å². The minimum absolute atomic E-state index is 0.0973. The molecular weight excluding hydrogens is 262 g/mol. The fourth-order valence-corrected chi connectivity index (χ4v) is 2.75. The highest BCUT2D eigenvalue weighted by Gasteiger charge is 2.21. The number of hydrogen-bond acceptors (Lipinski definition) is 5. The predicted molar refractivity (Wildman–Crippen MR) is 76.9 cm³/mol. The van der Waals surface area contributed by atoms with Crippen LogP contribution in [0.4, 0.5) is 0 Å². The molecule has 106 valence electrons. The molecule has 0 radical (unpaired) electrons. The van der Waals surface area contributed by atoms with Crippen LogP contribution >= 0.6 is 11.3 Å². The molecule has 0 aliphatic carbocycles. The summed E-state index contributed by atoms with van der Waals surface area (Å²) in [5, 5.41) is 5.05. The van der Waals surface area contributed by atoms with Gasteiger partial charge in [0.1, 0.15) is 4.88 Å². The van der Waals surface area contributed by atoms with Gasteiger partial charge in [0.25, 0.3) is 0 Å². The van der Waals surface area contributed by atoms with E-state index in [1.807, 2.05) is 19.2 Å². The normalized spacial score (nSPS) is 12.2. The maximum Gasteiger partial charge on any atom is 0.348 e. The lowest BCUT2D eigenvalue weighted by Gasteiger charge is -2.12. The molecule has 19 heavy (non-hydrogen) atoms. The first-order valence-electron chi connectivity index (χ1n) is 6.42. The van der Waals surface area contributed by atoms with Crippen molar-refractivity contribution in [3.63, 3.8) is 0 Å². The number of carbonyl (C=O) groups is 2. The van der Waals surface area contributed by atoms with Crippen LogP contribution in [-0.4, -0.2) is 31.4 Å². The van der Waals surface area contributed by atoms with Gasteiger partial charge in [0.15, 0.2) is 5.78 Å². The maximum atomic E-state index is 12.1. The zero-order valence-electron chi connectivity index (χ0n) is 11.9. The summed E-state index contributed by atoms with van der Waals surface area (Å²) in [6.45, 7) is 6.65. The third kappa shape index (κ3) is 4.14. The Hall–Kier alpha value is -1.20. The highest BCUT2D eigenvalue weighted by molar-refractivity contribution is 7.12. The molecule has 1 rings (SSSR count). The Bertz CT molecular complexity index is 454. The molecule has 1 heterocycles. The lowest BCUT2D eigenvalue weighted by atomic mass is 10.0. The van der Waals surface area contributed by atoms with Gasteiger partial charge in [0, 0.05) is 6.42 Å². The van der Waals surface area contributed by atoms with Crippen LogP contribution in [0.15, 0.2) is 5.38 Å². The number of esters is 1. The lowest BCUT2D eigenvalue weighted by Crippen LogP contribution is -2.35. The van der Waals surface area contributed by atoms with Gasteiger partial charge in [0.2, 0.25) is 0 Å². The first-order chi connectivity index (χ1) is 9.01. The topological polar surface area (TPSA) is 55.4 Å². The van der Waals surface area contributed by atoms with E-state index >= 15 is 0 Å². The van der Waals surface area contributed by atoms with Crippen LogP contribution in [0.1, 0.15) is 41.1 Å². The zero-order valence-corrected chi connectivity index (χ0v) is 12.7.